The first-order valence-corrected chi connectivity index (χ1v) is 13.7. The third kappa shape index (κ3) is 6.16. The SMILES string of the molecule is COc1cc(C2C(C#N)=C(N)Oc3cc(OC(=O)c4ccc(C(C)(C)C)cc4)ccc32)ccc1OCc1ccccc1F. The Bertz CT molecular complexity index is 1750. The van der Waals surface area contributed by atoms with Gasteiger partial charge in [0.25, 0.3) is 0 Å². The number of hydrogen-bond acceptors (Lipinski definition) is 7. The molecule has 1 unspecified atom stereocenters. The molecule has 218 valence electrons. The maximum Gasteiger partial charge on any atom is 0.343 e. The predicted molar refractivity (Wildman–Crippen MR) is 160 cm³/mol. The number of halogens is 1. The molecule has 5 rings (SSSR count). The van der Waals surface area contributed by atoms with Crippen molar-refractivity contribution in [2.75, 3.05) is 7.11 Å². The van der Waals surface area contributed by atoms with E-state index in [4.69, 9.17) is 24.7 Å². The van der Waals surface area contributed by atoms with Crippen molar-refractivity contribution in [1.82, 2.24) is 0 Å². The first-order chi connectivity index (χ1) is 20.6. The van der Waals surface area contributed by atoms with E-state index in [1.807, 2.05) is 12.1 Å². The fraction of sp³-hybridized carbons (Fsp3) is 0.200. The highest BCUT2D eigenvalue weighted by molar-refractivity contribution is 5.91. The molecule has 4 aromatic rings. The molecule has 8 heteroatoms. The monoisotopic (exact) mass is 578 g/mol. The lowest BCUT2D eigenvalue weighted by Gasteiger charge is -2.27. The fourth-order valence-corrected chi connectivity index (χ4v) is 4.87. The van der Waals surface area contributed by atoms with Crippen molar-refractivity contribution in [1.29, 1.82) is 5.26 Å². The van der Waals surface area contributed by atoms with Crippen LogP contribution in [0.15, 0.2) is 96.4 Å². The number of fused-ring (bicyclic) bond motifs is 1. The second kappa shape index (κ2) is 11.9. The first-order valence-electron chi connectivity index (χ1n) is 13.7. The van der Waals surface area contributed by atoms with Crippen molar-refractivity contribution in [2.24, 2.45) is 5.73 Å². The fourth-order valence-electron chi connectivity index (χ4n) is 4.87. The number of carbonyl (C=O) groups excluding carboxylic acids is 1. The molecule has 1 aliphatic rings. The molecular formula is C35H31FN2O5. The highest BCUT2D eigenvalue weighted by Crippen LogP contribution is 2.45. The third-order valence-electron chi connectivity index (χ3n) is 7.25. The van der Waals surface area contributed by atoms with E-state index in [0.717, 1.165) is 5.56 Å². The largest absolute Gasteiger partial charge is 0.493 e. The summed E-state index contributed by atoms with van der Waals surface area (Å²) in [7, 11) is 1.50. The molecule has 1 heterocycles. The second-order valence-corrected chi connectivity index (χ2v) is 11.1. The van der Waals surface area contributed by atoms with E-state index >= 15 is 0 Å². The van der Waals surface area contributed by atoms with Crippen LogP contribution < -0.4 is 24.7 Å². The zero-order chi connectivity index (χ0) is 30.7. The third-order valence-corrected chi connectivity index (χ3v) is 7.25. The van der Waals surface area contributed by atoms with Crippen LogP contribution >= 0.6 is 0 Å². The summed E-state index contributed by atoms with van der Waals surface area (Å²) in [6, 6.07) is 26.1. The van der Waals surface area contributed by atoms with Crippen molar-refractivity contribution in [2.45, 2.75) is 38.7 Å². The zero-order valence-corrected chi connectivity index (χ0v) is 24.3. The topological polar surface area (TPSA) is 104 Å². The summed E-state index contributed by atoms with van der Waals surface area (Å²) >= 11 is 0. The Hall–Kier alpha value is -5.29. The Morgan fingerprint density at radius 3 is 2.42 bits per heavy atom. The van der Waals surface area contributed by atoms with Crippen LogP contribution in [0.1, 0.15) is 59.3 Å². The van der Waals surface area contributed by atoms with Crippen molar-refractivity contribution in [3.8, 4) is 29.1 Å². The van der Waals surface area contributed by atoms with Crippen LogP contribution in [-0.4, -0.2) is 13.1 Å². The van der Waals surface area contributed by atoms with Gasteiger partial charge in [0.15, 0.2) is 11.5 Å². The molecule has 43 heavy (non-hydrogen) atoms. The summed E-state index contributed by atoms with van der Waals surface area (Å²) in [5.41, 5.74) is 9.65. The minimum atomic E-state index is -0.585. The molecule has 4 aromatic carbocycles. The highest BCUT2D eigenvalue weighted by atomic mass is 19.1. The summed E-state index contributed by atoms with van der Waals surface area (Å²) in [4.78, 5) is 12.9. The van der Waals surface area contributed by atoms with Gasteiger partial charge in [-0.2, -0.15) is 5.26 Å². The molecule has 0 radical (unpaired) electrons. The molecule has 0 saturated heterocycles. The van der Waals surface area contributed by atoms with Gasteiger partial charge in [0.2, 0.25) is 5.88 Å². The Kier molecular flexibility index (Phi) is 8.09. The van der Waals surface area contributed by atoms with Crippen molar-refractivity contribution in [3.05, 3.63) is 130 Å². The molecule has 1 atom stereocenters. The molecule has 0 saturated carbocycles. The molecule has 0 amide bonds. The number of ether oxygens (including phenoxy) is 4. The molecule has 1 aliphatic heterocycles. The maximum atomic E-state index is 14.1. The lowest BCUT2D eigenvalue weighted by atomic mass is 9.83. The zero-order valence-electron chi connectivity index (χ0n) is 24.3. The summed E-state index contributed by atoms with van der Waals surface area (Å²) in [6.07, 6.45) is 0. The standard InChI is InChI=1S/C35H31FN2O5/c1-35(2,3)24-12-9-21(10-13-24)34(39)42-25-14-15-26-30(18-25)43-33(38)27(19-37)32(26)22-11-16-29(31(17-22)40-4)41-20-23-7-5-6-8-28(23)36/h5-18,32H,20,38H2,1-4H3. The molecule has 7 nitrogen and oxygen atoms in total. The van der Waals surface area contributed by atoms with Crippen LogP contribution in [0.5, 0.6) is 23.0 Å². The van der Waals surface area contributed by atoms with Crippen LogP contribution in [0.2, 0.25) is 0 Å². The Morgan fingerprint density at radius 2 is 1.74 bits per heavy atom. The van der Waals surface area contributed by atoms with Gasteiger partial charge in [-0.05, 0) is 52.9 Å². The van der Waals surface area contributed by atoms with Crippen LogP contribution in [-0.2, 0) is 12.0 Å². The number of esters is 1. The van der Waals surface area contributed by atoms with Crippen LogP contribution in [0.3, 0.4) is 0 Å². The number of methoxy groups -OCH3 is 1. The lowest BCUT2D eigenvalue weighted by Crippen LogP contribution is -2.21. The van der Waals surface area contributed by atoms with E-state index in [-0.39, 0.29) is 35.0 Å². The molecular weight excluding hydrogens is 547 g/mol. The van der Waals surface area contributed by atoms with Crippen molar-refractivity contribution in [3.63, 3.8) is 0 Å². The van der Waals surface area contributed by atoms with Gasteiger partial charge in [-0.3, -0.25) is 0 Å². The van der Waals surface area contributed by atoms with Crippen LogP contribution in [0, 0.1) is 17.1 Å². The van der Waals surface area contributed by atoms with E-state index in [1.54, 1.807) is 66.7 Å². The number of nitrogens with zero attached hydrogens (tertiary/aromatic N) is 1. The van der Waals surface area contributed by atoms with Gasteiger partial charge in [0.1, 0.15) is 35.6 Å². The summed E-state index contributed by atoms with van der Waals surface area (Å²) in [6.45, 7) is 6.32. The van der Waals surface area contributed by atoms with Gasteiger partial charge in [0.05, 0.1) is 18.6 Å². The van der Waals surface area contributed by atoms with E-state index < -0.39 is 11.9 Å². The van der Waals surface area contributed by atoms with Crippen LogP contribution in [0.4, 0.5) is 4.39 Å². The average Bonchev–Trinajstić information content (AvgIpc) is 2.99. The number of nitrogens with two attached hydrogens (primary N) is 1. The molecule has 0 bridgehead atoms. The molecule has 2 N–H and O–H groups in total. The minimum absolute atomic E-state index is 0.0149. The molecule has 0 spiro atoms. The number of hydrogen-bond donors (Lipinski definition) is 1. The quantitative estimate of drug-likeness (QED) is 0.183. The summed E-state index contributed by atoms with van der Waals surface area (Å²) in [5, 5.41) is 9.98. The van der Waals surface area contributed by atoms with E-state index in [1.165, 1.54) is 13.2 Å². The minimum Gasteiger partial charge on any atom is -0.493 e. The van der Waals surface area contributed by atoms with Crippen molar-refractivity contribution >= 4 is 5.97 Å². The van der Waals surface area contributed by atoms with Crippen LogP contribution in [0.25, 0.3) is 0 Å². The normalized spacial score (nSPS) is 14.3. The van der Waals surface area contributed by atoms with Crippen molar-refractivity contribution < 1.29 is 28.1 Å². The molecule has 0 fully saturated rings. The van der Waals surface area contributed by atoms with Gasteiger partial charge in [-0.25, -0.2) is 9.18 Å². The van der Waals surface area contributed by atoms with Gasteiger partial charge in [-0.1, -0.05) is 63.2 Å². The van der Waals surface area contributed by atoms with Gasteiger partial charge in [0, 0.05) is 17.2 Å². The predicted octanol–water partition coefficient (Wildman–Crippen LogP) is 7.15. The number of allylic oxidation sites excluding steroid dienone is 1. The summed E-state index contributed by atoms with van der Waals surface area (Å²) < 4.78 is 36.9. The van der Waals surface area contributed by atoms with E-state index in [0.29, 0.717) is 39.5 Å². The highest BCUT2D eigenvalue weighted by Gasteiger charge is 2.32. The Balaban J connectivity index is 1.41. The van der Waals surface area contributed by atoms with Gasteiger partial charge < -0.3 is 24.7 Å². The Morgan fingerprint density at radius 1 is 1.00 bits per heavy atom. The number of benzene rings is 4. The first kappa shape index (κ1) is 29.2. The lowest BCUT2D eigenvalue weighted by molar-refractivity contribution is 0.0734. The number of rotatable bonds is 7. The van der Waals surface area contributed by atoms with Gasteiger partial charge >= 0.3 is 5.97 Å². The molecule has 0 aliphatic carbocycles. The Labute approximate surface area is 249 Å². The number of nitriles is 1. The number of carbonyl (C=O) groups is 1. The second-order valence-electron chi connectivity index (χ2n) is 11.1. The smallest absolute Gasteiger partial charge is 0.343 e. The van der Waals surface area contributed by atoms with E-state index in [9.17, 15) is 14.4 Å². The van der Waals surface area contributed by atoms with Gasteiger partial charge in [-0.15, -0.1) is 0 Å². The summed E-state index contributed by atoms with van der Waals surface area (Å²) in [5.74, 6) is -0.0722. The average molecular weight is 579 g/mol. The van der Waals surface area contributed by atoms with E-state index in [2.05, 4.69) is 26.8 Å². The maximum absolute atomic E-state index is 14.1. The molecule has 0 aromatic heterocycles.